The Labute approximate surface area is 82.7 Å². The lowest BCUT2D eigenvalue weighted by Crippen LogP contribution is -2.21. The Hall–Kier alpha value is -0.940. The molecular formula is C9H15N3O2. The molecule has 5 nitrogen and oxygen atoms in total. The van der Waals surface area contributed by atoms with Crippen molar-refractivity contribution in [2.75, 3.05) is 13.2 Å². The van der Waals surface area contributed by atoms with E-state index in [2.05, 4.69) is 10.3 Å². The van der Waals surface area contributed by atoms with Gasteiger partial charge in [-0.25, -0.2) is 4.68 Å². The fraction of sp³-hybridized carbons (Fsp3) is 0.778. The number of aromatic nitrogens is 3. The molecule has 1 saturated heterocycles. The molecule has 2 unspecified atom stereocenters. The zero-order chi connectivity index (χ0) is 9.97. The Kier molecular flexibility index (Phi) is 2.79. The number of aliphatic hydroxyl groups is 1. The summed E-state index contributed by atoms with van der Waals surface area (Å²) in [6, 6.07) is 0.281. The van der Waals surface area contributed by atoms with Gasteiger partial charge in [-0.3, -0.25) is 0 Å². The van der Waals surface area contributed by atoms with E-state index < -0.39 is 6.10 Å². The summed E-state index contributed by atoms with van der Waals surface area (Å²) in [5.74, 6) is 0. The molecule has 0 aliphatic carbocycles. The predicted molar refractivity (Wildman–Crippen MR) is 49.7 cm³/mol. The second kappa shape index (κ2) is 4.06. The molecule has 1 aromatic heterocycles. The standard InChI is InChI=1S/C9H15N3O2/c1-7(13)9-5-12(11-10-9)8-3-2-4-14-6-8/h5,7-8,13H,2-4,6H2,1H3. The van der Waals surface area contributed by atoms with Crippen LogP contribution in [-0.2, 0) is 4.74 Å². The second-order valence-electron chi connectivity index (χ2n) is 3.67. The molecule has 0 saturated carbocycles. The van der Waals surface area contributed by atoms with Crippen LogP contribution in [0, 0.1) is 0 Å². The van der Waals surface area contributed by atoms with Crippen molar-refractivity contribution in [2.45, 2.75) is 31.9 Å². The predicted octanol–water partition coefficient (Wildman–Crippen LogP) is 0.683. The molecule has 0 bridgehead atoms. The molecule has 1 fully saturated rings. The molecule has 0 aromatic carbocycles. The molecule has 14 heavy (non-hydrogen) atoms. The average molecular weight is 197 g/mol. The molecular weight excluding hydrogens is 182 g/mol. The number of nitrogens with zero attached hydrogens (tertiary/aromatic N) is 3. The van der Waals surface area contributed by atoms with Crippen LogP contribution in [0.25, 0.3) is 0 Å². The summed E-state index contributed by atoms with van der Waals surface area (Å²) in [6.45, 7) is 3.22. The lowest BCUT2D eigenvalue weighted by molar-refractivity contribution is 0.0542. The quantitative estimate of drug-likeness (QED) is 0.757. The van der Waals surface area contributed by atoms with Crippen molar-refractivity contribution in [3.05, 3.63) is 11.9 Å². The first-order valence-corrected chi connectivity index (χ1v) is 4.95. The van der Waals surface area contributed by atoms with E-state index in [-0.39, 0.29) is 6.04 Å². The van der Waals surface area contributed by atoms with E-state index in [1.807, 2.05) is 0 Å². The Morgan fingerprint density at radius 2 is 2.57 bits per heavy atom. The first-order valence-electron chi connectivity index (χ1n) is 4.95. The van der Waals surface area contributed by atoms with Gasteiger partial charge < -0.3 is 9.84 Å². The first-order chi connectivity index (χ1) is 6.77. The molecule has 2 rings (SSSR count). The lowest BCUT2D eigenvalue weighted by atomic mass is 10.1. The van der Waals surface area contributed by atoms with Crippen LogP contribution in [0.1, 0.15) is 37.6 Å². The topological polar surface area (TPSA) is 60.2 Å². The van der Waals surface area contributed by atoms with Gasteiger partial charge in [0, 0.05) is 6.61 Å². The van der Waals surface area contributed by atoms with Gasteiger partial charge in [0.15, 0.2) is 0 Å². The van der Waals surface area contributed by atoms with Gasteiger partial charge in [0.25, 0.3) is 0 Å². The fourth-order valence-electron chi connectivity index (χ4n) is 1.59. The normalized spacial score (nSPS) is 24.9. The van der Waals surface area contributed by atoms with Crippen LogP contribution >= 0.6 is 0 Å². The van der Waals surface area contributed by atoms with Crippen molar-refractivity contribution in [1.82, 2.24) is 15.0 Å². The SMILES string of the molecule is CC(O)c1cn(C2CCCOC2)nn1. The van der Waals surface area contributed by atoms with Crippen molar-refractivity contribution in [2.24, 2.45) is 0 Å². The van der Waals surface area contributed by atoms with Gasteiger partial charge in [0.1, 0.15) is 5.69 Å². The van der Waals surface area contributed by atoms with E-state index >= 15 is 0 Å². The number of hydrogen-bond acceptors (Lipinski definition) is 4. The first kappa shape index (κ1) is 9.61. The van der Waals surface area contributed by atoms with Gasteiger partial charge in [-0.1, -0.05) is 5.21 Å². The van der Waals surface area contributed by atoms with Crippen molar-refractivity contribution in [3.8, 4) is 0 Å². The van der Waals surface area contributed by atoms with Gasteiger partial charge in [0.05, 0.1) is 24.9 Å². The maximum atomic E-state index is 9.29. The molecule has 2 atom stereocenters. The summed E-state index contributed by atoms with van der Waals surface area (Å²) in [6.07, 6.45) is 3.38. The Balaban J connectivity index is 2.07. The van der Waals surface area contributed by atoms with Crippen LogP contribution in [0.3, 0.4) is 0 Å². The summed E-state index contributed by atoms with van der Waals surface area (Å²) in [7, 11) is 0. The monoisotopic (exact) mass is 197 g/mol. The Morgan fingerprint density at radius 3 is 3.14 bits per heavy atom. The summed E-state index contributed by atoms with van der Waals surface area (Å²) in [5.41, 5.74) is 0.621. The molecule has 0 spiro atoms. The highest BCUT2D eigenvalue weighted by Crippen LogP contribution is 2.19. The van der Waals surface area contributed by atoms with Crippen molar-refractivity contribution in [3.63, 3.8) is 0 Å². The number of rotatable bonds is 2. The molecule has 5 heteroatoms. The number of hydrogen-bond donors (Lipinski definition) is 1. The molecule has 78 valence electrons. The highest BCUT2D eigenvalue weighted by atomic mass is 16.5. The van der Waals surface area contributed by atoms with Gasteiger partial charge in [-0.2, -0.15) is 0 Å². The summed E-state index contributed by atoms with van der Waals surface area (Å²) >= 11 is 0. The Bertz CT molecular complexity index is 292. The van der Waals surface area contributed by atoms with E-state index in [9.17, 15) is 5.11 Å². The van der Waals surface area contributed by atoms with E-state index in [4.69, 9.17) is 4.74 Å². The summed E-state index contributed by atoms with van der Waals surface area (Å²) in [5, 5.41) is 17.2. The lowest BCUT2D eigenvalue weighted by Gasteiger charge is -2.21. The minimum atomic E-state index is -0.548. The molecule has 0 radical (unpaired) electrons. The van der Waals surface area contributed by atoms with Crippen LogP contribution < -0.4 is 0 Å². The van der Waals surface area contributed by atoms with E-state index in [1.165, 1.54) is 0 Å². The summed E-state index contributed by atoms with van der Waals surface area (Å²) < 4.78 is 7.15. The van der Waals surface area contributed by atoms with Gasteiger partial charge in [-0.05, 0) is 19.8 Å². The Morgan fingerprint density at radius 1 is 1.71 bits per heavy atom. The van der Waals surface area contributed by atoms with Crippen molar-refractivity contribution in [1.29, 1.82) is 0 Å². The highest BCUT2D eigenvalue weighted by molar-refractivity contribution is 4.96. The van der Waals surface area contributed by atoms with Crippen LogP contribution in [0.15, 0.2) is 6.20 Å². The van der Waals surface area contributed by atoms with E-state index in [0.717, 1.165) is 19.4 Å². The number of aliphatic hydroxyl groups excluding tert-OH is 1. The third-order valence-corrected chi connectivity index (χ3v) is 2.47. The van der Waals surface area contributed by atoms with Gasteiger partial charge in [-0.15, -0.1) is 5.10 Å². The zero-order valence-electron chi connectivity index (χ0n) is 8.26. The third kappa shape index (κ3) is 1.93. The average Bonchev–Trinajstić information content (AvgIpc) is 2.68. The maximum absolute atomic E-state index is 9.29. The van der Waals surface area contributed by atoms with E-state index in [1.54, 1.807) is 17.8 Å². The zero-order valence-corrected chi connectivity index (χ0v) is 8.26. The van der Waals surface area contributed by atoms with Crippen LogP contribution in [0.4, 0.5) is 0 Å². The minimum Gasteiger partial charge on any atom is -0.387 e. The minimum absolute atomic E-state index is 0.281. The highest BCUT2D eigenvalue weighted by Gasteiger charge is 2.18. The molecule has 1 aliphatic heterocycles. The molecule has 1 N–H and O–H groups in total. The molecule has 1 aliphatic rings. The summed E-state index contributed by atoms with van der Waals surface area (Å²) in [4.78, 5) is 0. The van der Waals surface area contributed by atoms with E-state index in [0.29, 0.717) is 12.3 Å². The molecule has 0 amide bonds. The number of ether oxygens (including phenoxy) is 1. The largest absolute Gasteiger partial charge is 0.387 e. The second-order valence-corrected chi connectivity index (χ2v) is 3.67. The molecule has 2 heterocycles. The van der Waals surface area contributed by atoms with Gasteiger partial charge in [0.2, 0.25) is 0 Å². The van der Waals surface area contributed by atoms with Crippen LogP contribution in [0.2, 0.25) is 0 Å². The third-order valence-electron chi connectivity index (χ3n) is 2.47. The van der Waals surface area contributed by atoms with Crippen LogP contribution in [-0.4, -0.2) is 33.3 Å². The smallest absolute Gasteiger partial charge is 0.111 e. The van der Waals surface area contributed by atoms with Crippen molar-refractivity contribution >= 4 is 0 Å². The molecule has 1 aromatic rings. The van der Waals surface area contributed by atoms with Crippen molar-refractivity contribution < 1.29 is 9.84 Å². The van der Waals surface area contributed by atoms with Crippen LogP contribution in [0.5, 0.6) is 0 Å². The van der Waals surface area contributed by atoms with Gasteiger partial charge >= 0.3 is 0 Å². The fourth-order valence-corrected chi connectivity index (χ4v) is 1.59. The maximum Gasteiger partial charge on any atom is 0.111 e.